The molecule has 136 valence electrons. The highest BCUT2D eigenvalue weighted by Gasteiger charge is 2.97. The van der Waals surface area contributed by atoms with Crippen molar-refractivity contribution >= 4 is 5.78 Å². The van der Waals surface area contributed by atoms with Crippen molar-refractivity contribution in [3.8, 4) is 11.5 Å². The van der Waals surface area contributed by atoms with Crippen molar-refractivity contribution in [3.05, 3.63) is 48.3 Å². The third-order valence-electron chi connectivity index (χ3n) is 7.19. The number of rotatable bonds is 5. The number of benzene rings is 1. The van der Waals surface area contributed by atoms with E-state index in [1.54, 1.807) is 20.3 Å². The van der Waals surface area contributed by atoms with Gasteiger partial charge in [-0.05, 0) is 24.1 Å². The van der Waals surface area contributed by atoms with Crippen LogP contribution in [-0.4, -0.2) is 32.4 Å². The van der Waals surface area contributed by atoms with Crippen molar-refractivity contribution in [3.63, 3.8) is 0 Å². The maximum atomic E-state index is 13.3. The second-order valence-corrected chi connectivity index (χ2v) is 7.81. The summed E-state index contributed by atoms with van der Waals surface area (Å²) in [4.78, 5) is 13.3. The molecule has 2 fully saturated rings. The normalized spacial score (nSPS) is 41.0. The molecular weight excluding hydrogens is 332 g/mol. The van der Waals surface area contributed by atoms with E-state index in [9.17, 15) is 4.79 Å². The van der Waals surface area contributed by atoms with Crippen LogP contribution in [0, 0.1) is 16.7 Å². The summed E-state index contributed by atoms with van der Waals surface area (Å²) in [7, 11) is 3.32. The number of ether oxygens (including phenoxy) is 4. The van der Waals surface area contributed by atoms with Gasteiger partial charge in [0.05, 0.1) is 12.5 Å². The topological polar surface area (TPSA) is 54.0 Å². The molecule has 0 saturated heterocycles. The molecule has 4 aliphatic rings. The maximum absolute atomic E-state index is 13.3. The van der Waals surface area contributed by atoms with Gasteiger partial charge in [-0.2, -0.15) is 0 Å². The Bertz CT molecular complexity index is 873. The highest BCUT2D eigenvalue weighted by molar-refractivity contribution is 6.02. The van der Waals surface area contributed by atoms with Gasteiger partial charge < -0.3 is 18.9 Å². The molecule has 3 aliphatic carbocycles. The summed E-state index contributed by atoms with van der Waals surface area (Å²) in [6.45, 7) is 6.35. The number of fused-ring (bicyclic) bond motifs is 2. The third-order valence-corrected chi connectivity index (χ3v) is 7.19. The van der Waals surface area contributed by atoms with Crippen molar-refractivity contribution in [1.82, 2.24) is 0 Å². The van der Waals surface area contributed by atoms with Gasteiger partial charge in [-0.15, -0.1) is 6.58 Å². The molecule has 1 aromatic carbocycles. The van der Waals surface area contributed by atoms with Gasteiger partial charge in [0, 0.05) is 30.4 Å². The largest absolute Gasteiger partial charge is 0.498 e. The molecular formula is C21H22O5. The predicted octanol–water partition coefficient (Wildman–Crippen LogP) is 3.21. The fourth-order valence-electron chi connectivity index (χ4n) is 6.50. The first kappa shape index (κ1) is 15.9. The Kier molecular flexibility index (Phi) is 2.89. The van der Waals surface area contributed by atoms with E-state index in [2.05, 4.69) is 13.5 Å². The van der Waals surface area contributed by atoms with Crippen LogP contribution in [0.5, 0.6) is 11.5 Å². The maximum Gasteiger partial charge on any atom is 0.231 e. The zero-order valence-corrected chi connectivity index (χ0v) is 15.2. The van der Waals surface area contributed by atoms with Crippen LogP contribution in [0.25, 0.3) is 0 Å². The molecule has 0 spiro atoms. The van der Waals surface area contributed by atoms with Crippen LogP contribution < -0.4 is 9.47 Å². The first-order chi connectivity index (χ1) is 12.5. The van der Waals surface area contributed by atoms with E-state index >= 15 is 0 Å². The standard InChI is InChI=1S/C21H22O5/c1-5-8-20-15(22)10-16(23-3)21(24-4)18(20)19(21,2)17(20)12-6-7-13-14(9-12)26-11-25-13/h5-7,9-10,17-18H,1,8,11H2,2-4H3/t17-,18?,19+,20-,21+/m1/s1. The molecule has 0 N–H and O–H groups in total. The molecule has 0 radical (unpaired) electrons. The van der Waals surface area contributed by atoms with Gasteiger partial charge in [-0.25, -0.2) is 0 Å². The minimum absolute atomic E-state index is 0.00356. The highest BCUT2D eigenvalue weighted by atomic mass is 16.7. The molecule has 0 bridgehead atoms. The molecule has 1 unspecified atom stereocenters. The summed E-state index contributed by atoms with van der Waals surface area (Å²) in [5, 5.41) is 0. The van der Waals surface area contributed by atoms with Gasteiger partial charge >= 0.3 is 0 Å². The smallest absolute Gasteiger partial charge is 0.231 e. The van der Waals surface area contributed by atoms with E-state index in [1.165, 1.54) is 0 Å². The van der Waals surface area contributed by atoms with Crippen LogP contribution in [0.15, 0.2) is 42.7 Å². The Labute approximate surface area is 152 Å². The fraction of sp³-hybridized carbons (Fsp3) is 0.476. The Morgan fingerprint density at radius 3 is 2.77 bits per heavy atom. The summed E-state index contributed by atoms with van der Waals surface area (Å²) in [6.07, 6.45) is 4.10. The van der Waals surface area contributed by atoms with Gasteiger partial charge in [0.25, 0.3) is 0 Å². The Balaban J connectivity index is 1.70. The molecule has 26 heavy (non-hydrogen) atoms. The lowest BCUT2D eigenvalue weighted by Crippen LogP contribution is -2.51. The minimum atomic E-state index is -0.556. The summed E-state index contributed by atoms with van der Waals surface area (Å²) in [5.41, 5.74) is -0.220. The van der Waals surface area contributed by atoms with Gasteiger partial charge in [0.1, 0.15) is 11.4 Å². The lowest BCUT2D eigenvalue weighted by atomic mass is 9.49. The molecule has 2 saturated carbocycles. The van der Waals surface area contributed by atoms with Crippen LogP contribution in [0.2, 0.25) is 0 Å². The van der Waals surface area contributed by atoms with Crippen molar-refractivity contribution in [2.75, 3.05) is 21.0 Å². The number of hydrogen-bond acceptors (Lipinski definition) is 5. The Morgan fingerprint density at radius 1 is 1.31 bits per heavy atom. The van der Waals surface area contributed by atoms with Crippen LogP contribution in [0.4, 0.5) is 0 Å². The second-order valence-electron chi connectivity index (χ2n) is 7.81. The summed E-state index contributed by atoms with van der Waals surface area (Å²) in [6, 6.07) is 5.98. The van der Waals surface area contributed by atoms with Crippen LogP contribution in [-0.2, 0) is 14.3 Å². The summed E-state index contributed by atoms with van der Waals surface area (Å²) >= 11 is 0. The average Bonchev–Trinajstić information content (AvgIpc) is 2.93. The molecule has 0 aromatic heterocycles. The SMILES string of the molecule is C=CC[C@]12C(=O)C=C(OC)[C@]3(OC)C1[C@]3(C)[C@H]2c1ccc2c(c1)OCO2. The number of hydrogen-bond donors (Lipinski definition) is 0. The van der Waals surface area contributed by atoms with Gasteiger partial charge in [-0.3, -0.25) is 4.79 Å². The van der Waals surface area contributed by atoms with Gasteiger partial charge in [-0.1, -0.05) is 19.1 Å². The average molecular weight is 354 g/mol. The summed E-state index contributed by atoms with van der Waals surface area (Å²) in [5.74, 6) is 2.31. The highest BCUT2D eigenvalue weighted by Crippen LogP contribution is 2.92. The van der Waals surface area contributed by atoms with Gasteiger partial charge in [0.15, 0.2) is 17.3 Å². The lowest BCUT2D eigenvalue weighted by Gasteiger charge is -2.51. The second kappa shape index (κ2) is 4.71. The first-order valence-corrected chi connectivity index (χ1v) is 8.88. The van der Waals surface area contributed by atoms with Gasteiger partial charge in [0.2, 0.25) is 6.79 Å². The van der Waals surface area contributed by atoms with Crippen LogP contribution >= 0.6 is 0 Å². The zero-order chi connectivity index (χ0) is 18.3. The minimum Gasteiger partial charge on any atom is -0.498 e. The zero-order valence-electron chi connectivity index (χ0n) is 15.2. The number of carbonyl (C=O) groups is 1. The monoisotopic (exact) mass is 354 g/mol. The molecule has 5 atom stereocenters. The molecule has 1 heterocycles. The first-order valence-electron chi connectivity index (χ1n) is 8.88. The van der Waals surface area contributed by atoms with E-state index in [0.29, 0.717) is 12.2 Å². The van der Waals surface area contributed by atoms with Crippen LogP contribution in [0.1, 0.15) is 24.8 Å². The van der Waals surface area contributed by atoms with E-state index in [0.717, 1.165) is 17.1 Å². The van der Waals surface area contributed by atoms with E-state index in [4.69, 9.17) is 18.9 Å². The van der Waals surface area contributed by atoms with Crippen molar-refractivity contribution < 1.29 is 23.7 Å². The Morgan fingerprint density at radius 2 is 2.08 bits per heavy atom. The van der Waals surface area contributed by atoms with E-state index in [-0.39, 0.29) is 29.8 Å². The fourth-order valence-corrected chi connectivity index (χ4v) is 6.50. The van der Waals surface area contributed by atoms with Crippen molar-refractivity contribution in [2.45, 2.75) is 24.9 Å². The van der Waals surface area contributed by atoms with Crippen LogP contribution in [0.3, 0.4) is 0 Å². The van der Waals surface area contributed by atoms with Crippen molar-refractivity contribution in [1.29, 1.82) is 0 Å². The van der Waals surface area contributed by atoms with Crippen molar-refractivity contribution in [2.24, 2.45) is 16.7 Å². The number of methoxy groups -OCH3 is 2. The summed E-state index contributed by atoms with van der Waals surface area (Å²) < 4.78 is 22.7. The predicted molar refractivity (Wildman–Crippen MR) is 94.0 cm³/mol. The number of ketones is 1. The lowest BCUT2D eigenvalue weighted by molar-refractivity contribution is -0.135. The van der Waals surface area contributed by atoms with E-state index < -0.39 is 11.0 Å². The molecule has 5 heteroatoms. The molecule has 0 amide bonds. The number of allylic oxidation sites excluding steroid dienone is 2. The third kappa shape index (κ3) is 1.36. The number of carbonyl (C=O) groups excluding carboxylic acids is 1. The molecule has 1 aliphatic heterocycles. The molecule has 5 nitrogen and oxygen atoms in total. The molecule has 5 rings (SSSR count). The van der Waals surface area contributed by atoms with E-state index in [1.807, 2.05) is 24.3 Å². The Hall–Kier alpha value is -2.27. The quantitative estimate of drug-likeness (QED) is 0.760. The molecule has 1 aromatic rings.